The first-order valence-electron chi connectivity index (χ1n) is 10.0. The van der Waals surface area contributed by atoms with Gasteiger partial charge in [0.05, 0.1) is 12.0 Å². The van der Waals surface area contributed by atoms with Crippen LogP contribution in [0.4, 0.5) is 5.69 Å². The van der Waals surface area contributed by atoms with Gasteiger partial charge < -0.3 is 15.0 Å². The number of benzene rings is 2. The number of methoxy groups -OCH3 is 1. The Morgan fingerprint density at radius 2 is 1.73 bits per heavy atom. The standard InChI is InChI=1S/C22H29N3O4S/c1-17-4-8-19(16-21(17)30(27,28)25-14-12-24(2)13-15-25)23-22(26)11-7-18-5-9-20(29-3)10-6-18/h4-6,8-10,16H,7,11-15H2,1-3H3,(H,23,26). The molecule has 0 spiro atoms. The maximum atomic E-state index is 13.1. The number of rotatable bonds is 7. The first-order chi connectivity index (χ1) is 14.3. The van der Waals surface area contributed by atoms with Gasteiger partial charge in [-0.1, -0.05) is 18.2 Å². The van der Waals surface area contributed by atoms with Crippen molar-refractivity contribution in [2.75, 3.05) is 45.7 Å². The molecule has 0 radical (unpaired) electrons. The molecule has 30 heavy (non-hydrogen) atoms. The largest absolute Gasteiger partial charge is 0.497 e. The van der Waals surface area contributed by atoms with Gasteiger partial charge in [0.15, 0.2) is 0 Å². The molecule has 1 amide bonds. The number of ether oxygens (including phenoxy) is 1. The highest BCUT2D eigenvalue weighted by molar-refractivity contribution is 7.89. The van der Waals surface area contributed by atoms with Gasteiger partial charge >= 0.3 is 0 Å². The molecule has 1 aliphatic heterocycles. The van der Waals surface area contributed by atoms with Gasteiger partial charge in [0.25, 0.3) is 0 Å². The zero-order valence-electron chi connectivity index (χ0n) is 17.7. The molecule has 0 unspecified atom stereocenters. The summed E-state index contributed by atoms with van der Waals surface area (Å²) >= 11 is 0. The Bertz CT molecular complexity index is 982. The van der Waals surface area contributed by atoms with Crippen molar-refractivity contribution >= 4 is 21.6 Å². The van der Waals surface area contributed by atoms with Crippen LogP contribution in [0, 0.1) is 6.92 Å². The zero-order valence-corrected chi connectivity index (χ0v) is 18.5. The summed E-state index contributed by atoms with van der Waals surface area (Å²) in [5, 5.41) is 2.83. The van der Waals surface area contributed by atoms with E-state index in [9.17, 15) is 13.2 Å². The van der Waals surface area contributed by atoms with Crippen LogP contribution >= 0.6 is 0 Å². The molecule has 162 valence electrons. The van der Waals surface area contributed by atoms with Gasteiger partial charge in [-0.2, -0.15) is 4.31 Å². The third kappa shape index (κ3) is 5.38. The maximum absolute atomic E-state index is 13.1. The van der Waals surface area contributed by atoms with Crippen molar-refractivity contribution in [1.82, 2.24) is 9.21 Å². The molecular weight excluding hydrogens is 402 g/mol. The molecule has 1 heterocycles. The number of carbonyl (C=O) groups excluding carboxylic acids is 1. The van der Waals surface area contributed by atoms with E-state index in [-0.39, 0.29) is 10.8 Å². The first-order valence-corrected chi connectivity index (χ1v) is 11.5. The van der Waals surface area contributed by atoms with Gasteiger partial charge in [0, 0.05) is 38.3 Å². The summed E-state index contributed by atoms with van der Waals surface area (Å²) in [5.41, 5.74) is 2.20. The fourth-order valence-corrected chi connectivity index (χ4v) is 5.07. The van der Waals surface area contributed by atoms with Crippen LogP contribution in [0.15, 0.2) is 47.4 Å². The van der Waals surface area contributed by atoms with Crippen LogP contribution < -0.4 is 10.1 Å². The Morgan fingerprint density at radius 1 is 1.07 bits per heavy atom. The molecule has 1 N–H and O–H groups in total. The Hall–Kier alpha value is -2.42. The number of anilines is 1. The number of hydrogen-bond donors (Lipinski definition) is 1. The smallest absolute Gasteiger partial charge is 0.243 e. The van der Waals surface area contributed by atoms with Crippen molar-refractivity contribution in [2.24, 2.45) is 0 Å². The number of carbonyl (C=O) groups is 1. The third-order valence-corrected chi connectivity index (χ3v) is 7.39. The van der Waals surface area contributed by atoms with Gasteiger partial charge in [-0.25, -0.2) is 8.42 Å². The summed E-state index contributed by atoms with van der Waals surface area (Å²) in [7, 11) is 0.00392. The predicted molar refractivity (Wildman–Crippen MR) is 117 cm³/mol. The zero-order chi connectivity index (χ0) is 21.7. The minimum Gasteiger partial charge on any atom is -0.497 e. The number of amides is 1. The van der Waals surface area contributed by atoms with Crippen molar-refractivity contribution in [3.63, 3.8) is 0 Å². The highest BCUT2D eigenvalue weighted by atomic mass is 32.2. The molecule has 0 atom stereocenters. The molecule has 7 nitrogen and oxygen atoms in total. The number of aryl methyl sites for hydroxylation is 2. The van der Waals surface area contributed by atoms with Crippen LogP contribution in [0.5, 0.6) is 5.75 Å². The second-order valence-electron chi connectivity index (χ2n) is 7.58. The molecule has 8 heteroatoms. The predicted octanol–water partition coefficient (Wildman–Crippen LogP) is 2.51. The molecular formula is C22H29N3O4S. The van der Waals surface area contributed by atoms with E-state index in [1.807, 2.05) is 31.3 Å². The lowest BCUT2D eigenvalue weighted by atomic mass is 10.1. The van der Waals surface area contributed by atoms with E-state index in [1.54, 1.807) is 32.2 Å². The molecule has 0 aromatic heterocycles. The minimum atomic E-state index is -3.59. The maximum Gasteiger partial charge on any atom is 0.243 e. The van der Waals surface area contributed by atoms with Crippen LogP contribution in [0.2, 0.25) is 0 Å². The van der Waals surface area contributed by atoms with Crippen molar-refractivity contribution in [2.45, 2.75) is 24.7 Å². The number of piperazine rings is 1. The van der Waals surface area contributed by atoms with Crippen LogP contribution in [0.25, 0.3) is 0 Å². The summed E-state index contributed by atoms with van der Waals surface area (Å²) in [4.78, 5) is 14.8. The number of nitrogens with one attached hydrogen (secondary N) is 1. The monoisotopic (exact) mass is 431 g/mol. The van der Waals surface area contributed by atoms with Crippen molar-refractivity contribution in [1.29, 1.82) is 0 Å². The van der Waals surface area contributed by atoms with Gasteiger partial charge in [-0.3, -0.25) is 4.79 Å². The Labute approximate surface area is 178 Å². The molecule has 1 saturated heterocycles. The van der Waals surface area contributed by atoms with Crippen molar-refractivity contribution in [3.05, 3.63) is 53.6 Å². The number of hydrogen-bond acceptors (Lipinski definition) is 5. The second-order valence-corrected chi connectivity index (χ2v) is 9.49. The van der Waals surface area contributed by atoms with Crippen LogP contribution in [-0.4, -0.2) is 63.9 Å². The van der Waals surface area contributed by atoms with E-state index in [0.717, 1.165) is 11.3 Å². The van der Waals surface area contributed by atoms with Crippen LogP contribution in [0.3, 0.4) is 0 Å². The molecule has 1 aliphatic rings. The van der Waals surface area contributed by atoms with Gasteiger partial charge in [0.1, 0.15) is 5.75 Å². The lowest BCUT2D eigenvalue weighted by Gasteiger charge is -2.32. The number of likely N-dealkylation sites (N-methyl/N-ethyl adjacent to an activating group) is 1. The highest BCUT2D eigenvalue weighted by Gasteiger charge is 2.29. The number of sulfonamides is 1. The van der Waals surface area contributed by atoms with Crippen molar-refractivity contribution in [3.8, 4) is 5.75 Å². The van der Waals surface area contributed by atoms with E-state index in [0.29, 0.717) is 50.3 Å². The SMILES string of the molecule is COc1ccc(CCC(=O)Nc2ccc(C)c(S(=O)(=O)N3CCN(C)CC3)c2)cc1. The summed E-state index contributed by atoms with van der Waals surface area (Å²) in [6, 6.07) is 12.6. The minimum absolute atomic E-state index is 0.155. The Kier molecular flexibility index (Phi) is 7.12. The fourth-order valence-electron chi connectivity index (χ4n) is 3.40. The normalized spacial score (nSPS) is 15.7. The molecule has 2 aromatic carbocycles. The lowest BCUT2D eigenvalue weighted by Crippen LogP contribution is -2.47. The average molecular weight is 432 g/mol. The molecule has 0 saturated carbocycles. The summed E-state index contributed by atoms with van der Waals surface area (Å²) in [6.07, 6.45) is 0.898. The quantitative estimate of drug-likeness (QED) is 0.729. The second kappa shape index (κ2) is 9.59. The highest BCUT2D eigenvalue weighted by Crippen LogP contribution is 2.25. The summed E-state index contributed by atoms with van der Waals surface area (Å²) in [5.74, 6) is 0.620. The molecule has 2 aromatic rings. The van der Waals surface area contributed by atoms with E-state index in [1.165, 1.54) is 4.31 Å². The number of nitrogens with zero attached hydrogens (tertiary/aromatic N) is 2. The third-order valence-electron chi connectivity index (χ3n) is 5.35. The summed E-state index contributed by atoms with van der Waals surface area (Å²) < 4.78 is 32.9. The topological polar surface area (TPSA) is 78.9 Å². The van der Waals surface area contributed by atoms with Gasteiger partial charge in [-0.15, -0.1) is 0 Å². The fraction of sp³-hybridized carbons (Fsp3) is 0.409. The first kappa shape index (κ1) is 22.3. The van der Waals surface area contributed by atoms with Crippen LogP contribution in [-0.2, 0) is 21.2 Å². The average Bonchev–Trinajstić information content (AvgIpc) is 2.74. The van der Waals surface area contributed by atoms with E-state index >= 15 is 0 Å². The van der Waals surface area contributed by atoms with E-state index in [2.05, 4.69) is 10.2 Å². The van der Waals surface area contributed by atoms with E-state index < -0.39 is 10.0 Å². The van der Waals surface area contributed by atoms with Gasteiger partial charge in [0.2, 0.25) is 15.9 Å². The molecule has 1 fully saturated rings. The summed E-state index contributed by atoms with van der Waals surface area (Å²) in [6.45, 7) is 4.13. The Morgan fingerprint density at radius 3 is 2.37 bits per heavy atom. The van der Waals surface area contributed by atoms with E-state index in [4.69, 9.17) is 4.74 Å². The van der Waals surface area contributed by atoms with Crippen LogP contribution in [0.1, 0.15) is 17.5 Å². The van der Waals surface area contributed by atoms with Gasteiger partial charge in [-0.05, 0) is 55.8 Å². The lowest BCUT2D eigenvalue weighted by molar-refractivity contribution is -0.116. The molecule has 0 aliphatic carbocycles. The van der Waals surface area contributed by atoms with Crippen molar-refractivity contribution < 1.29 is 17.9 Å². The molecule has 0 bridgehead atoms. The Balaban J connectivity index is 1.66. The molecule has 3 rings (SSSR count).